The molecule has 1 saturated carbocycles. The Balaban J connectivity index is 1.63. The van der Waals surface area contributed by atoms with Crippen molar-refractivity contribution in [2.75, 3.05) is 19.6 Å². The maximum Gasteiger partial charge on any atom is 0.107 e. The van der Waals surface area contributed by atoms with Crippen molar-refractivity contribution in [3.63, 3.8) is 0 Å². The van der Waals surface area contributed by atoms with Gasteiger partial charge in [0, 0.05) is 36.8 Å². The molecule has 1 aliphatic heterocycles. The van der Waals surface area contributed by atoms with Gasteiger partial charge in [-0.1, -0.05) is 0 Å². The quantitative estimate of drug-likeness (QED) is 0.867. The number of nitrogens with zero attached hydrogens (tertiary/aromatic N) is 2. The number of hydrogen-bond donors (Lipinski definition) is 1. The minimum atomic E-state index is 0.357. The summed E-state index contributed by atoms with van der Waals surface area (Å²) >= 11 is 1.77. The van der Waals surface area contributed by atoms with Gasteiger partial charge in [-0.15, -0.1) is 11.3 Å². The highest BCUT2D eigenvalue weighted by Crippen LogP contribution is 2.40. The molecule has 88 valence electrons. The van der Waals surface area contributed by atoms with Crippen molar-refractivity contribution in [1.29, 1.82) is 0 Å². The number of aromatic nitrogens is 1. The van der Waals surface area contributed by atoms with Crippen LogP contribution in [0.4, 0.5) is 0 Å². The van der Waals surface area contributed by atoms with E-state index in [2.05, 4.69) is 27.5 Å². The van der Waals surface area contributed by atoms with Crippen molar-refractivity contribution < 1.29 is 0 Å². The second kappa shape index (κ2) is 4.09. The molecule has 2 aliphatic rings. The van der Waals surface area contributed by atoms with Gasteiger partial charge < -0.3 is 5.32 Å². The van der Waals surface area contributed by atoms with Crippen LogP contribution in [-0.4, -0.2) is 35.1 Å². The molecule has 1 unspecified atom stereocenters. The standard InChI is InChI=1S/C12H19N3S/c1-12(10-2-3-10)9-15(6-4-14-12)8-11-13-5-7-16-11/h5,7,10,14H,2-4,6,8-9H2,1H3. The van der Waals surface area contributed by atoms with Crippen LogP contribution in [0.25, 0.3) is 0 Å². The van der Waals surface area contributed by atoms with Crippen molar-refractivity contribution in [2.45, 2.75) is 31.8 Å². The highest BCUT2D eigenvalue weighted by atomic mass is 32.1. The molecule has 2 fully saturated rings. The van der Waals surface area contributed by atoms with Gasteiger partial charge in [0.15, 0.2) is 0 Å². The summed E-state index contributed by atoms with van der Waals surface area (Å²) in [7, 11) is 0. The molecule has 1 aromatic heterocycles. The highest BCUT2D eigenvalue weighted by molar-refractivity contribution is 7.09. The maximum atomic E-state index is 4.38. The van der Waals surface area contributed by atoms with Crippen molar-refractivity contribution in [3.05, 3.63) is 16.6 Å². The van der Waals surface area contributed by atoms with Crippen LogP contribution in [0.15, 0.2) is 11.6 Å². The Labute approximate surface area is 101 Å². The molecule has 3 nitrogen and oxygen atoms in total. The zero-order valence-electron chi connectivity index (χ0n) is 9.78. The van der Waals surface area contributed by atoms with Gasteiger partial charge in [-0.25, -0.2) is 4.98 Å². The molecule has 1 aliphatic carbocycles. The fourth-order valence-corrected chi connectivity index (χ4v) is 3.41. The van der Waals surface area contributed by atoms with E-state index < -0.39 is 0 Å². The molecule has 0 radical (unpaired) electrons. The van der Waals surface area contributed by atoms with E-state index in [-0.39, 0.29) is 0 Å². The molecule has 1 N–H and O–H groups in total. The Morgan fingerprint density at radius 3 is 3.19 bits per heavy atom. The third-order valence-corrected chi connectivity index (χ3v) is 4.59. The van der Waals surface area contributed by atoms with Crippen LogP contribution in [0.2, 0.25) is 0 Å². The van der Waals surface area contributed by atoms with E-state index in [1.807, 2.05) is 6.20 Å². The van der Waals surface area contributed by atoms with Gasteiger partial charge >= 0.3 is 0 Å². The largest absolute Gasteiger partial charge is 0.309 e. The normalized spacial score (nSPS) is 31.8. The van der Waals surface area contributed by atoms with Crippen LogP contribution in [0.1, 0.15) is 24.8 Å². The molecule has 3 rings (SSSR count). The monoisotopic (exact) mass is 237 g/mol. The van der Waals surface area contributed by atoms with Gasteiger partial charge in [0.1, 0.15) is 5.01 Å². The SMILES string of the molecule is CC1(C2CC2)CN(Cc2nccs2)CCN1. The second-order valence-corrected chi connectivity index (χ2v) is 6.23. The van der Waals surface area contributed by atoms with Gasteiger partial charge in [0.2, 0.25) is 0 Å². The predicted molar refractivity (Wildman–Crippen MR) is 66.5 cm³/mol. The first kappa shape index (κ1) is 10.7. The smallest absolute Gasteiger partial charge is 0.107 e. The third-order valence-electron chi connectivity index (χ3n) is 3.83. The summed E-state index contributed by atoms with van der Waals surface area (Å²) in [6.45, 7) is 6.87. The van der Waals surface area contributed by atoms with Crippen LogP contribution >= 0.6 is 11.3 Å². The van der Waals surface area contributed by atoms with Crippen LogP contribution < -0.4 is 5.32 Å². The van der Waals surface area contributed by atoms with E-state index >= 15 is 0 Å². The van der Waals surface area contributed by atoms with Gasteiger partial charge in [-0.2, -0.15) is 0 Å². The van der Waals surface area contributed by atoms with Gasteiger partial charge in [0.05, 0.1) is 6.54 Å². The molecule has 0 spiro atoms. The Morgan fingerprint density at radius 1 is 1.62 bits per heavy atom. The van der Waals surface area contributed by atoms with E-state index in [0.717, 1.165) is 25.6 Å². The highest BCUT2D eigenvalue weighted by Gasteiger charge is 2.43. The minimum absolute atomic E-state index is 0.357. The Morgan fingerprint density at radius 2 is 2.50 bits per heavy atom. The van der Waals surface area contributed by atoms with Crippen molar-refractivity contribution >= 4 is 11.3 Å². The molecule has 1 saturated heterocycles. The van der Waals surface area contributed by atoms with Crippen molar-refractivity contribution in [1.82, 2.24) is 15.2 Å². The first-order chi connectivity index (χ1) is 7.76. The zero-order chi connectivity index (χ0) is 11.0. The lowest BCUT2D eigenvalue weighted by molar-refractivity contribution is 0.121. The maximum absolute atomic E-state index is 4.38. The molecular formula is C12H19N3S. The third kappa shape index (κ3) is 2.14. The van der Waals surface area contributed by atoms with Crippen LogP contribution in [0.5, 0.6) is 0 Å². The van der Waals surface area contributed by atoms with Gasteiger partial charge in [0.25, 0.3) is 0 Å². The predicted octanol–water partition coefficient (Wildman–Crippen LogP) is 1.72. The van der Waals surface area contributed by atoms with Crippen molar-refractivity contribution in [2.24, 2.45) is 5.92 Å². The lowest BCUT2D eigenvalue weighted by Gasteiger charge is -2.41. The summed E-state index contributed by atoms with van der Waals surface area (Å²) in [5.41, 5.74) is 0.357. The summed E-state index contributed by atoms with van der Waals surface area (Å²) in [5.74, 6) is 0.909. The molecule has 0 amide bonds. The number of thiazole rings is 1. The zero-order valence-corrected chi connectivity index (χ0v) is 10.6. The lowest BCUT2D eigenvalue weighted by atomic mass is 9.93. The van der Waals surface area contributed by atoms with Crippen LogP contribution in [-0.2, 0) is 6.54 Å². The van der Waals surface area contributed by atoms with Crippen LogP contribution in [0.3, 0.4) is 0 Å². The van der Waals surface area contributed by atoms with Gasteiger partial charge in [-0.05, 0) is 25.7 Å². The van der Waals surface area contributed by atoms with E-state index in [9.17, 15) is 0 Å². The molecular weight excluding hydrogens is 218 g/mol. The summed E-state index contributed by atoms with van der Waals surface area (Å²) < 4.78 is 0. The number of hydrogen-bond acceptors (Lipinski definition) is 4. The molecule has 0 bridgehead atoms. The number of nitrogens with one attached hydrogen (secondary N) is 1. The Kier molecular flexibility index (Phi) is 2.73. The number of piperazine rings is 1. The summed E-state index contributed by atoms with van der Waals surface area (Å²) in [6.07, 6.45) is 4.73. The summed E-state index contributed by atoms with van der Waals surface area (Å²) in [6, 6.07) is 0. The average Bonchev–Trinajstić information content (AvgIpc) is 3.01. The van der Waals surface area contributed by atoms with Crippen molar-refractivity contribution in [3.8, 4) is 0 Å². The van der Waals surface area contributed by atoms with Crippen LogP contribution in [0, 0.1) is 5.92 Å². The minimum Gasteiger partial charge on any atom is -0.309 e. The average molecular weight is 237 g/mol. The first-order valence-corrected chi connectivity index (χ1v) is 7.00. The first-order valence-electron chi connectivity index (χ1n) is 6.12. The molecule has 2 heterocycles. The fourth-order valence-electron chi connectivity index (χ4n) is 2.75. The van der Waals surface area contributed by atoms with E-state index in [4.69, 9.17) is 0 Å². The molecule has 16 heavy (non-hydrogen) atoms. The second-order valence-electron chi connectivity index (χ2n) is 5.26. The van der Waals surface area contributed by atoms with E-state index in [0.29, 0.717) is 5.54 Å². The fraction of sp³-hybridized carbons (Fsp3) is 0.750. The molecule has 0 aromatic carbocycles. The Hall–Kier alpha value is -0.450. The lowest BCUT2D eigenvalue weighted by Crippen LogP contribution is -2.59. The Bertz CT molecular complexity index is 347. The molecule has 1 atom stereocenters. The molecule has 1 aromatic rings. The molecule has 4 heteroatoms. The number of rotatable bonds is 3. The summed E-state index contributed by atoms with van der Waals surface area (Å²) in [4.78, 5) is 6.92. The van der Waals surface area contributed by atoms with E-state index in [1.54, 1.807) is 11.3 Å². The summed E-state index contributed by atoms with van der Waals surface area (Å²) in [5, 5.41) is 7.03. The topological polar surface area (TPSA) is 28.2 Å². The van der Waals surface area contributed by atoms with E-state index in [1.165, 1.54) is 24.4 Å². The van der Waals surface area contributed by atoms with Gasteiger partial charge in [-0.3, -0.25) is 4.90 Å².